The summed E-state index contributed by atoms with van der Waals surface area (Å²) in [6.07, 6.45) is 2.67. The molecule has 0 saturated carbocycles. The van der Waals surface area contributed by atoms with Crippen LogP contribution in [0.5, 0.6) is 0 Å². The zero-order valence-electron chi connectivity index (χ0n) is 11.4. The van der Waals surface area contributed by atoms with Gasteiger partial charge in [-0.3, -0.25) is 4.79 Å². The molecule has 0 radical (unpaired) electrons. The lowest BCUT2D eigenvalue weighted by molar-refractivity contribution is -0.113. The van der Waals surface area contributed by atoms with Crippen molar-refractivity contribution < 1.29 is 4.79 Å². The van der Waals surface area contributed by atoms with Crippen LogP contribution in [0.25, 0.3) is 6.08 Å². The fourth-order valence-corrected chi connectivity index (χ4v) is 1.96. The summed E-state index contributed by atoms with van der Waals surface area (Å²) in [5.41, 5.74) is 4.31. The van der Waals surface area contributed by atoms with Crippen molar-refractivity contribution >= 4 is 11.9 Å². The summed E-state index contributed by atoms with van der Waals surface area (Å²) in [7, 11) is 0. The number of benzene rings is 2. The largest absolute Gasteiger partial charge is 0.295 e. The third kappa shape index (κ3) is 3.92. The zero-order valence-corrected chi connectivity index (χ0v) is 11.4. The third-order valence-corrected chi connectivity index (χ3v) is 3.11. The van der Waals surface area contributed by atoms with E-state index in [1.165, 1.54) is 5.56 Å². The van der Waals surface area contributed by atoms with E-state index < -0.39 is 0 Å². The minimum absolute atomic E-state index is 0.129. The lowest BCUT2D eigenvalue weighted by Gasteiger charge is -2.05. The number of Topliss-reactive ketones (excluding diaryl/α,β-unsaturated/α-hetero) is 1. The Morgan fingerprint density at radius 3 is 2.21 bits per heavy atom. The fourth-order valence-electron chi connectivity index (χ4n) is 1.96. The average Bonchev–Trinajstić information content (AvgIpc) is 2.41. The molecule has 0 N–H and O–H groups in total. The van der Waals surface area contributed by atoms with Gasteiger partial charge in [0.2, 0.25) is 0 Å². The van der Waals surface area contributed by atoms with E-state index in [0.29, 0.717) is 6.42 Å². The van der Waals surface area contributed by atoms with Crippen LogP contribution >= 0.6 is 0 Å². The van der Waals surface area contributed by atoms with E-state index in [2.05, 4.69) is 19.1 Å². The van der Waals surface area contributed by atoms with E-state index in [-0.39, 0.29) is 5.78 Å². The summed E-state index contributed by atoms with van der Waals surface area (Å²) in [4.78, 5) is 11.8. The molecule has 0 aromatic heterocycles. The third-order valence-electron chi connectivity index (χ3n) is 3.11. The van der Waals surface area contributed by atoms with Crippen molar-refractivity contribution in [1.82, 2.24) is 0 Å². The molecule has 2 aromatic rings. The molecule has 0 saturated heterocycles. The molecular formula is C18H18O. The van der Waals surface area contributed by atoms with E-state index in [4.69, 9.17) is 0 Å². The van der Waals surface area contributed by atoms with E-state index in [1.54, 1.807) is 6.92 Å². The first-order valence-electron chi connectivity index (χ1n) is 6.47. The molecule has 2 aromatic carbocycles. The maximum absolute atomic E-state index is 11.8. The van der Waals surface area contributed by atoms with Gasteiger partial charge >= 0.3 is 0 Å². The summed E-state index contributed by atoms with van der Waals surface area (Å²) in [6, 6.07) is 18.3. The standard InChI is InChI=1S/C18H18O/c1-14-8-10-17(11-9-14)13-18(15(2)19)12-16-6-4-3-5-7-16/h3-11,13H,12H2,1-2H3/b18-13+. The Balaban J connectivity index is 2.25. The summed E-state index contributed by atoms with van der Waals surface area (Å²) in [5.74, 6) is 0.129. The first kappa shape index (κ1) is 13.3. The fraction of sp³-hybridized carbons (Fsp3) is 0.167. The monoisotopic (exact) mass is 250 g/mol. The summed E-state index contributed by atoms with van der Waals surface area (Å²) in [6.45, 7) is 3.69. The van der Waals surface area contributed by atoms with Crippen LogP contribution in [0.15, 0.2) is 60.2 Å². The normalized spacial score (nSPS) is 11.4. The zero-order chi connectivity index (χ0) is 13.7. The molecule has 0 unspecified atom stereocenters. The van der Waals surface area contributed by atoms with Crippen LogP contribution in [-0.2, 0) is 11.2 Å². The molecule has 0 amide bonds. The van der Waals surface area contributed by atoms with Crippen molar-refractivity contribution in [3.63, 3.8) is 0 Å². The van der Waals surface area contributed by atoms with Gasteiger partial charge in [-0.05, 0) is 36.6 Å². The van der Waals surface area contributed by atoms with Crippen LogP contribution in [0, 0.1) is 6.92 Å². The molecule has 0 aliphatic heterocycles. The van der Waals surface area contributed by atoms with Crippen LogP contribution in [0.4, 0.5) is 0 Å². The van der Waals surface area contributed by atoms with Gasteiger partial charge < -0.3 is 0 Å². The Bertz CT molecular complexity index is 577. The van der Waals surface area contributed by atoms with Crippen molar-refractivity contribution in [2.24, 2.45) is 0 Å². The quantitative estimate of drug-likeness (QED) is 0.743. The smallest absolute Gasteiger partial charge is 0.156 e. The lowest BCUT2D eigenvalue weighted by Crippen LogP contribution is -2.00. The number of carbonyl (C=O) groups is 1. The van der Waals surface area contributed by atoms with Gasteiger partial charge in [0, 0.05) is 6.42 Å². The Morgan fingerprint density at radius 1 is 1.00 bits per heavy atom. The van der Waals surface area contributed by atoms with Gasteiger partial charge in [-0.15, -0.1) is 0 Å². The maximum atomic E-state index is 11.8. The molecule has 1 heteroatoms. The van der Waals surface area contributed by atoms with Gasteiger partial charge in [0.15, 0.2) is 5.78 Å². The first-order valence-corrected chi connectivity index (χ1v) is 6.47. The van der Waals surface area contributed by atoms with Crippen LogP contribution < -0.4 is 0 Å². The number of allylic oxidation sites excluding steroid dienone is 1. The minimum atomic E-state index is 0.129. The molecule has 0 aliphatic rings. The minimum Gasteiger partial charge on any atom is -0.295 e. The second kappa shape index (κ2) is 6.14. The van der Waals surface area contributed by atoms with Crippen molar-refractivity contribution in [3.8, 4) is 0 Å². The predicted molar refractivity (Wildman–Crippen MR) is 80.0 cm³/mol. The lowest BCUT2D eigenvalue weighted by atomic mass is 9.99. The highest BCUT2D eigenvalue weighted by Crippen LogP contribution is 2.14. The van der Waals surface area contributed by atoms with Gasteiger partial charge in [0.1, 0.15) is 0 Å². The van der Waals surface area contributed by atoms with Gasteiger partial charge in [-0.25, -0.2) is 0 Å². The average molecular weight is 250 g/mol. The van der Waals surface area contributed by atoms with E-state index in [9.17, 15) is 4.79 Å². The molecular weight excluding hydrogens is 232 g/mol. The Hall–Kier alpha value is -2.15. The van der Waals surface area contributed by atoms with Crippen molar-refractivity contribution in [1.29, 1.82) is 0 Å². The van der Waals surface area contributed by atoms with Gasteiger partial charge in [-0.2, -0.15) is 0 Å². The van der Waals surface area contributed by atoms with Crippen molar-refractivity contribution in [2.45, 2.75) is 20.3 Å². The predicted octanol–water partition coefficient (Wildman–Crippen LogP) is 4.21. The van der Waals surface area contributed by atoms with Crippen LogP contribution in [0.1, 0.15) is 23.6 Å². The highest BCUT2D eigenvalue weighted by molar-refractivity contribution is 5.98. The number of hydrogen-bond acceptors (Lipinski definition) is 1. The van der Waals surface area contributed by atoms with Gasteiger partial charge in [0.25, 0.3) is 0 Å². The Labute approximate surface area is 114 Å². The topological polar surface area (TPSA) is 17.1 Å². The van der Waals surface area contributed by atoms with Crippen LogP contribution in [0.3, 0.4) is 0 Å². The first-order chi connectivity index (χ1) is 9.15. The number of aryl methyl sites for hydroxylation is 1. The molecule has 0 aliphatic carbocycles. The molecule has 2 rings (SSSR count). The molecule has 1 nitrogen and oxygen atoms in total. The molecule has 0 fully saturated rings. The molecule has 0 spiro atoms. The molecule has 0 bridgehead atoms. The van der Waals surface area contributed by atoms with Crippen LogP contribution in [0.2, 0.25) is 0 Å². The van der Waals surface area contributed by atoms with Crippen LogP contribution in [-0.4, -0.2) is 5.78 Å². The second-order valence-corrected chi connectivity index (χ2v) is 4.80. The molecule has 19 heavy (non-hydrogen) atoms. The molecule has 0 atom stereocenters. The highest BCUT2D eigenvalue weighted by Gasteiger charge is 2.05. The van der Waals surface area contributed by atoms with Gasteiger partial charge in [0.05, 0.1) is 0 Å². The molecule has 0 heterocycles. The van der Waals surface area contributed by atoms with Gasteiger partial charge in [-0.1, -0.05) is 60.2 Å². The maximum Gasteiger partial charge on any atom is 0.156 e. The summed E-state index contributed by atoms with van der Waals surface area (Å²) >= 11 is 0. The Morgan fingerprint density at radius 2 is 1.63 bits per heavy atom. The number of ketones is 1. The highest BCUT2D eigenvalue weighted by atomic mass is 16.1. The SMILES string of the molecule is CC(=O)/C(=C/c1ccc(C)cc1)Cc1ccccc1. The number of rotatable bonds is 4. The van der Waals surface area contributed by atoms with E-state index >= 15 is 0 Å². The van der Waals surface area contributed by atoms with Crippen molar-refractivity contribution in [2.75, 3.05) is 0 Å². The summed E-state index contributed by atoms with van der Waals surface area (Å²) < 4.78 is 0. The Kier molecular flexibility index (Phi) is 4.30. The number of hydrogen-bond donors (Lipinski definition) is 0. The van der Waals surface area contributed by atoms with Crippen molar-refractivity contribution in [3.05, 3.63) is 76.9 Å². The summed E-state index contributed by atoms with van der Waals surface area (Å²) in [5, 5.41) is 0. The van der Waals surface area contributed by atoms with E-state index in [0.717, 1.165) is 16.7 Å². The van der Waals surface area contributed by atoms with E-state index in [1.807, 2.05) is 48.5 Å². The molecule has 96 valence electrons. The number of carbonyl (C=O) groups excluding carboxylic acids is 1. The second-order valence-electron chi connectivity index (χ2n) is 4.80.